The average Bonchev–Trinajstić information content (AvgIpc) is 2.17. The van der Waals surface area contributed by atoms with Gasteiger partial charge >= 0.3 is 5.12 Å². The molecule has 1 rings (SSSR count). The van der Waals surface area contributed by atoms with Gasteiger partial charge in [0.15, 0.2) is 0 Å². The number of hydrogen-bond acceptors (Lipinski definition) is 3. The molecule has 0 aliphatic rings. The maximum atomic E-state index is 11.1. The minimum absolute atomic E-state index is 0.120. The largest absolute Gasteiger partial charge is 0.316 e. The van der Waals surface area contributed by atoms with Gasteiger partial charge in [-0.1, -0.05) is 30.3 Å². The smallest absolute Gasteiger partial charge is 0.300 e. The first-order valence-electron chi connectivity index (χ1n) is 3.37. The lowest BCUT2D eigenvalue weighted by molar-refractivity contribution is -0.108. The fourth-order valence-electron chi connectivity index (χ4n) is 0.787. The molecule has 0 spiro atoms. The van der Waals surface area contributed by atoms with Crippen molar-refractivity contribution in [3.63, 3.8) is 0 Å². The van der Waals surface area contributed by atoms with Gasteiger partial charge in [-0.15, -0.1) is 0 Å². The highest BCUT2D eigenvalue weighted by atomic mass is 32.2. The Morgan fingerprint density at radius 1 is 1.15 bits per heavy atom. The van der Waals surface area contributed by atoms with Crippen molar-refractivity contribution >= 4 is 22.0 Å². The van der Waals surface area contributed by atoms with E-state index in [1.807, 2.05) is 0 Å². The number of benzene rings is 1. The maximum absolute atomic E-state index is 11.1. The van der Waals surface area contributed by atoms with E-state index in [1.54, 1.807) is 18.2 Å². The first kappa shape index (κ1) is 9.76. The van der Waals surface area contributed by atoms with Gasteiger partial charge in [0.1, 0.15) is 0 Å². The van der Waals surface area contributed by atoms with E-state index in [4.69, 9.17) is 4.55 Å². The van der Waals surface area contributed by atoms with Crippen LogP contribution in [-0.4, -0.2) is 19.7 Å². The SMILES string of the molecule is O=C(C(=O)S(=O)O)c1ccccc1. The molecule has 0 radical (unpaired) electrons. The second-order valence-corrected chi connectivity index (χ2v) is 3.10. The van der Waals surface area contributed by atoms with Crippen molar-refractivity contribution in [2.45, 2.75) is 0 Å². The Hall–Kier alpha value is -1.33. The molecule has 0 aromatic heterocycles. The zero-order valence-electron chi connectivity index (χ0n) is 6.47. The van der Waals surface area contributed by atoms with Gasteiger partial charge in [-0.25, -0.2) is 4.21 Å². The summed E-state index contributed by atoms with van der Waals surface area (Å²) in [5.74, 6) is -0.943. The molecule has 1 aromatic rings. The van der Waals surface area contributed by atoms with Gasteiger partial charge in [-0.05, 0) is 0 Å². The number of rotatable bonds is 2. The Bertz CT molecular complexity index is 358. The van der Waals surface area contributed by atoms with E-state index in [-0.39, 0.29) is 5.56 Å². The molecule has 13 heavy (non-hydrogen) atoms. The second kappa shape index (κ2) is 4.06. The Kier molecular flexibility index (Phi) is 3.05. The first-order valence-corrected chi connectivity index (χ1v) is 4.48. The van der Waals surface area contributed by atoms with E-state index >= 15 is 0 Å². The van der Waals surface area contributed by atoms with Crippen molar-refractivity contribution < 1.29 is 18.4 Å². The van der Waals surface area contributed by atoms with Crippen molar-refractivity contribution in [3.05, 3.63) is 35.9 Å². The molecule has 0 bridgehead atoms. The average molecular weight is 198 g/mol. The molecule has 4 nitrogen and oxygen atoms in total. The number of Topliss-reactive ketones (excluding diaryl/α,β-unsaturated/α-hetero) is 1. The predicted octanol–water partition coefficient (Wildman–Crippen LogP) is 0.618. The third-order valence-electron chi connectivity index (χ3n) is 1.38. The summed E-state index contributed by atoms with van der Waals surface area (Å²) < 4.78 is 18.6. The Balaban J connectivity index is 2.93. The third kappa shape index (κ3) is 2.30. The van der Waals surface area contributed by atoms with E-state index in [2.05, 4.69) is 0 Å². The molecule has 1 N–H and O–H groups in total. The molecule has 0 saturated carbocycles. The minimum atomic E-state index is -2.73. The Morgan fingerprint density at radius 3 is 2.15 bits per heavy atom. The van der Waals surface area contributed by atoms with E-state index in [0.717, 1.165) is 0 Å². The number of carbonyl (C=O) groups is 2. The van der Waals surface area contributed by atoms with Crippen LogP contribution >= 0.6 is 0 Å². The molecule has 0 heterocycles. The molecular weight excluding hydrogens is 192 g/mol. The van der Waals surface area contributed by atoms with E-state index < -0.39 is 22.0 Å². The van der Waals surface area contributed by atoms with Crippen molar-refractivity contribution in [2.75, 3.05) is 0 Å². The van der Waals surface area contributed by atoms with E-state index in [1.165, 1.54) is 12.1 Å². The first-order chi connectivity index (χ1) is 6.13. The topological polar surface area (TPSA) is 71.4 Å². The summed E-state index contributed by atoms with van der Waals surface area (Å²) in [5.41, 5.74) is 0.120. The molecule has 1 unspecified atom stereocenters. The normalized spacial score (nSPS) is 12.1. The fraction of sp³-hybridized carbons (Fsp3) is 0. The number of ketones is 1. The lowest BCUT2D eigenvalue weighted by Gasteiger charge is -1.94. The minimum Gasteiger partial charge on any atom is -0.300 e. The fourth-order valence-corrected chi connectivity index (χ4v) is 1.06. The molecule has 0 aliphatic carbocycles. The van der Waals surface area contributed by atoms with Crippen LogP contribution in [0.1, 0.15) is 10.4 Å². The van der Waals surface area contributed by atoms with Crippen molar-refractivity contribution in [1.29, 1.82) is 0 Å². The van der Waals surface area contributed by atoms with Gasteiger partial charge in [0.25, 0.3) is 0 Å². The summed E-state index contributed by atoms with van der Waals surface area (Å²) in [6, 6.07) is 7.64. The van der Waals surface area contributed by atoms with Crippen LogP contribution in [0, 0.1) is 0 Å². The highest BCUT2D eigenvalue weighted by molar-refractivity contribution is 7.97. The number of carbonyl (C=O) groups excluding carboxylic acids is 2. The highest BCUT2D eigenvalue weighted by Gasteiger charge is 2.20. The summed E-state index contributed by atoms with van der Waals surface area (Å²) in [7, 11) is 0. The van der Waals surface area contributed by atoms with Gasteiger partial charge in [0.2, 0.25) is 16.9 Å². The lowest BCUT2D eigenvalue weighted by atomic mass is 10.1. The molecular formula is C8H6O4S. The Labute approximate surface area is 76.9 Å². The summed E-state index contributed by atoms with van der Waals surface area (Å²) in [5, 5.41) is -1.30. The molecule has 0 aliphatic heterocycles. The van der Waals surface area contributed by atoms with Crippen LogP contribution < -0.4 is 0 Å². The Morgan fingerprint density at radius 2 is 1.69 bits per heavy atom. The zero-order chi connectivity index (χ0) is 9.84. The standard InChI is InChI=1S/C8H6O4S/c9-7(8(10)13(11)12)6-4-2-1-3-5-6/h1-5H,(H,11,12). The van der Waals surface area contributed by atoms with Crippen LogP contribution in [0.4, 0.5) is 0 Å². The molecule has 5 heteroatoms. The molecule has 1 atom stereocenters. The van der Waals surface area contributed by atoms with Gasteiger partial charge < -0.3 is 0 Å². The van der Waals surface area contributed by atoms with Gasteiger partial charge in [0.05, 0.1) is 0 Å². The van der Waals surface area contributed by atoms with Crippen molar-refractivity contribution in [1.82, 2.24) is 0 Å². The molecule has 1 aromatic carbocycles. The quantitative estimate of drug-likeness (QED) is 0.429. The lowest BCUT2D eigenvalue weighted by Crippen LogP contribution is -2.18. The van der Waals surface area contributed by atoms with Crippen molar-refractivity contribution in [3.8, 4) is 0 Å². The van der Waals surface area contributed by atoms with Crippen LogP contribution in [0.15, 0.2) is 30.3 Å². The van der Waals surface area contributed by atoms with E-state index in [9.17, 15) is 13.8 Å². The molecule has 0 saturated heterocycles. The summed E-state index contributed by atoms with van der Waals surface area (Å²) in [6.45, 7) is 0. The van der Waals surface area contributed by atoms with Gasteiger partial charge in [-0.3, -0.25) is 14.1 Å². The third-order valence-corrected chi connectivity index (χ3v) is 1.88. The van der Waals surface area contributed by atoms with Crippen LogP contribution in [0.5, 0.6) is 0 Å². The monoisotopic (exact) mass is 198 g/mol. The maximum Gasteiger partial charge on any atom is 0.316 e. The molecule has 0 fully saturated rings. The van der Waals surface area contributed by atoms with Gasteiger partial charge in [0, 0.05) is 5.56 Å². The van der Waals surface area contributed by atoms with E-state index in [0.29, 0.717) is 0 Å². The zero-order valence-corrected chi connectivity index (χ0v) is 7.28. The second-order valence-electron chi connectivity index (χ2n) is 2.23. The van der Waals surface area contributed by atoms with Crippen LogP contribution in [-0.2, 0) is 15.9 Å². The van der Waals surface area contributed by atoms with Crippen LogP contribution in [0.3, 0.4) is 0 Å². The van der Waals surface area contributed by atoms with Crippen LogP contribution in [0.25, 0.3) is 0 Å². The van der Waals surface area contributed by atoms with Crippen LogP contribution in [0.2, 0.25) is 0 Å². The summed E-state index contributed by atoms with van der Waals surface area (Å²) >= 11 is -2.73. The molecule has 68 valence electrons. The summed E-state index contributed by atoms with van der Waals surface area (Å²) in [4.78, 5) is 21.8. The highest BCUT2D eigenvalue weighted by Crippen LogP contribution is 2.01. The van der Waals surface area contributed by atoms with Crippen molar-refractivity contribution in [2.24, 2.45) is 0 Å². The predicted molar refractivity (Wildman–Crippen MR) is 46.6 cm³/mol. The molecule has 0 amide bonds. The van der Waals surface area contributed by atoms with Gasteiger partial charge in [-0.2, -0.15) is 0 Å². The number of hydrogen-bond donors (Lipinski definition) is 1. The summed E-state index contributed by atoms with van der Waals surface area (Å²) in [6.07, 6.45) is 0.